The maximum Gasteiger partial charge on any atom is 0.326 e. The summed E-state index contributed by atoms with van der Waals surface area (Å²) < 4.78 is 0. The lowest BCUT2D eigenvalue weighted by Crippen LogP contribution is -2.57. The molecule has 0 rings (SSSR count). The van der Waals surface area contributed by atoms with Gasteiger partial charge in [0, 0.05) is 12.8 Å². The maximum absolute atomic E-state index is 13.0. The first-order valence-electron chi connectivity index (χ1n) is 11.9. The number of carboxylic acid groups (broad SMARTS) is 2. The largest absolute Gasteiger partial charge is 0.481 e. The first-order valence-corrected chi connectivity index (χ1v) is 11.9. The Hall–Kier alpha value is -3.26. The Bertz CT molecular complexity index is 776. The zero-order valence-electron chi connectivity index (χ0n) is 20.8. The third-order valence-electron chi connectivity index (χ3n) is 5.22. The first kappa shape index (κ1) is 32.7. The summed E-state index contributed by atoms with van der Waals surface area (Å²) in [5.41, 5.74) is 16.5. The molecule has 0 heterocycles. The fraction of sp³-hybridized carbons (Fsp3) is 0.727. The van der Waals surface area contributed by atoms with E-state index in [1.165, 1.54) is 0 Å². The molecule has 4 unspecified atom stereocenters. The van der Waals surface area contributed by atoms with Crippen molar-refractivity contribution in [2.75, 3.05) is 6.54 Å². The Kier molecular flexibility index (Phi) is 15.7. The number of carbonyl (C=O) groups excluding carboxylic acids is 4. The molecule has 206 valence electrons. The Morgan fingerprint density at radius 3 is 1.78 bits per heavy atom. The number of rotatable bonds is 19. The summed E-state index contributed by atoms with van der Waals surface area (Å²) in [6.45, 7) is 4.11. The van der Waals surface area contributed by atoms with Crippen molar-refractivity contribution in [1.82, 2.24) is 16.0 Å². The Morgan fingerprint density at radius 1 is 0.750 bits per heavy atom. The van der Waals surface area contributed by atoms with Gasteiger partial charge in [0.1, 0.15) is 18.1 Å². The molecule has 0 aliphatic heterocycles. The highest BCUT2D eigenvalue weighted by molar-refractivity contribution is 5.94. The van der Waals surface area contributed by atoms with E-state index in [-0.39, 0.29) is 31.6 Å². The van der Waals surface area contributed by atoms with Gasteiger partial charge in [0.2, 0.25) is 23.6 Å². The van der Waals surface area contributed by atoms with Crippen molar-refractivity contribution in [3.05, 3.63) is 0 Å². The van der Waals surface area contributed by atoms with Gasteiger partial charge in [-0.25, -0.2) is 4.79 Å². The topological polar surface area (TPSA) is 257 Å². The van der Waals surface area contributed by atoms with E-state index in [0.29, 0.717) is 25.8 Å². The Morgan fingerprint density at radius 2 is 1.28 bits per heavy atom. The predicted octanol–water partition coefficient (Wildman–Crippen LogP) is -1.84. The van der Waals surface area contributed by atoms with Gasteiger partial charge in [-0.1, -0.05) is 20.3 Å². The highest BCUT2D eigenvalue weighted by Gasteiger charge is 2.31. The number of carbonyl (C=O) groups is 6. The van der Waals surface area contributed by atoms with E-state index in [1.807, 2.05) is 13.8 Å². The summed E-state index contributed by atoms with van der Waals surface area (Å²) in [5, 5.41) is 25.3. The summed E-state index contributed by atoms with van der Waals surface area (Å²) in [6.07, 6.45) is 0.483. The number of aliphatic carboxylic acids is 2. The van der Waals surface area contributed by atoms with Gasteiger partial charge >= 0.3 is 11.9 Å². The maximum atomic E-state index is 13.0. The van der Waals surface area contributed by atoms with Crippen molar-refractivity contribution in [2.24, 2.45) is 23.1 Å². The molecule has 0 spiro atoms. The molecule has 0 aromatic carbocycles. The summed E-state index contributed by atoms with van der Waals surface area (Å²) in [6, 6.07) is -4.80. The van der Waals surface area contributed by atoms with E-state index in [1.54, 1.807) is 0 Å². The molecular weight excluding hydrogens is 476 g/mol. The highest BCUT2D eigenvalue weighted by atomic mass is 16.4. The SMILES string of the molecule is CC(C)CC(NC(=O)C(N)CCCCN)C(=O)NC(CCC(N)=O)C(=O)NC(CCC(=O)O)C(=O)O. The van der Waals surface area contributed by atoms with E-state index in [0.717, 1.165) is 0 Å². The first-order chi connectivity index (χ1) is 16.8. The van der Waals surface area contributed by atoms with Crippen LogP contribution in [-0.2, 0) is 28.8 Å². The molecule has 14 heteroatoms. The fourth-order valence-electron chi connectivity index (χ4n) is 3.25. The van der Waals surface area contributed by atoms with Crippen LogP contribution in [0.25, 0.3) is 0 Å². The molecule has 0 aromatic heterocycles. The zero-order valence-corrected chi connectivity index (χ0v) is 20.8. The number of unbranched alkanes of at least 4 members (excludes halogenated alkanes) is 1. The average molecular weight is 517 g/mol. The standard InChI is InChI=1S/C22H40N6O8/c1-12(2)11-16(28-19(32)13(24)5-3-4-10-23)21(34)26-14(6-8-17(25)29)20(33)27-15(22(35)36)7-9-18(30)31/h12-16H,3-11,23-24H2,1-2H3,(H2,25,29)(H,26,34)(H,27,33)(H,28,32)(H,30,31)(H,35,36). The molecule has 11 N–H and O–H groups in total. The molecule has 0 aromatic rings. The van der Waals surface area contributed by atoms with Gasteiger partial charge in [0.05, 0.1) is 6.04 Å². The summed E-state index contributed by atoms with van der Waals surface area (Å²) >= 11 is 0. The zero-order chi connectivity index (χ0) is 27.8. The third kappa shape index (κ3) is 14.2. The van der Waals surface area contributed by atoms with Crippen LogP contribution in [0.2, 0.25) is 0 Å². The van der Waals surface area contributed by atoms with Gasteiger partial charge in [-0.15, -0.1) is 0 Å². The van der Waals surface area contributed by atoms with E-state index in [9.17, 15) is 33.9 Å². The summed E-state index contributed by atoms with van der Waals surface area (Å²) in [4.78, 5) is 71.8. The number of hydrogen-bond acceptors (Lipinski definition) is 8. The van der Waals surface area contributed by atoms with Crippen molar-refractivity contribution >= 4 is 35.6 Å². The molecule has 0 aliphatic carbocycles. The Labute approximate surface area is 210 Å². The van der Waals surface area contributed by atoms with E-state index in [4.69, 9.17) is 22.3 Å². The van der Waals surface area contributed by atoms with Gasteiger partial charge in [-0.3, -0.25) is 24.0 Å². The molecule has 0 saturated heterocycles. The average Bonchev–Trinajstić information content (AvgIpc) is 2.77. The van der Waals surface area contributed by atoms with Crippen LogP contribution in [0.3, 0.4) is 0 Å². The van der Waals surface area contributed by atoms with Crippen molar-refractivity contribution in [3.63, 3.8) is 0 Å². The lowest BCUT2D eigenvalue weighted by molar-refractivity contribution is -0.143. The fourth-order valence-corrected chi connectivity index (χ4v) is 3.25. The minimum atomic E-state index is -1.53. The van der Waals surface area contributed by atoms with Crippen LogP contribution in [0.4, 0.5) is 0 Å². The van der Waals surface area contributed by atoms with Crippen molar-refractivity contribution in [1.29, 1.82) is 0 Å². The van der Waals surface area contributed by atoms with Crippen molar-refractivity contribution in [2.45, 2.75) is 89.4 Å². The molecular formula is C22H40N6O8. The predicted molar refractivity (Wildman–Crippen MR) is 129 cm³/mol. The second-order valence-electron chi connectivity index (χ2n) is 8.98. The van der Waals surface area contributed by atoms with Crippen LogP contribution in [0.5, 0.6) is 0 Å². The van der Waals surface area contributed by atoms with Gasteiger partial charge in [-0.05, 0) is 44.6 Å². The molecule has 0 aliphatic rings. The van der Waals surface area contributed by atoms with Gasteiger partial charge < -0.3 is 43.4 Å². The van der Waals surface area contributed by atoms with Crippen LogP contribution in [0, 0.1) is 5.92 Å². The number of hydrogen-bond donors (Lipinski definition) is 8. The van der Waals surface area contributed by atoms with Crippen molar-refractivity contribution < 1.29 is 39.0 Å². The number of nitrogens with two attached hydrogens (primary N) is 3. The monoisotopic (exact) mass is 516 g/mol. The molecule has 0 bridgehead atoms. The molecule has 4 atom stereocenters. The molecule has 4 amide bonds. The van der Waals surface area contributed by atoms with Crippen LogP contribution in [0.15, 0.2) is 0 Å². The number of primary amides is 1. The van der Waals surface area contributed by atoms with Gasteiger partial charge in [0.25, 0.3) is 0 Å². The minimum absolute atomic E-state index is 0.0279. The van der Waals surface area contributed by atoms with Crippen LogP contribution < -0.4 is 33.2 Å². The molecule has 36 heavy (non-hydrogen) atoms. The van der Waals surface area contributed by atoms with Crippen molar-refractivity contribution in [3.8, 4) is 0 Å². The summed E-state index contributed by atoms with van der Waals surface area (Å²) in [5.74, 6) is -5.70. The molecule has 14 nitrogen and oxygen atoms in total. The second-order valence-corrected chi connectivity index (χ2v) is 8.98. The highest BCUT2D eigenvalue weighted by Crippen LogP contribution is 2.09. The summed E-state index contributed by atoms with van der Waals surface area (Å²) in [7, 11) is 0. The molecule has 0 radical (unpaired) electrons. The third-order valence-corrected chi connectivity index (χ3v) is 5.22. The quantitative estimate of drug-likeness (QED) is 0.0889. The second kappa shape index (κ2) is 17.2. The molecule has 0 saturated carbocycles. The van der Waals surface area contributed by atoms with Crippen LogP contribution in [0.1, 0.15) is 65.2 Å². The smallest absolute Gasteiger partial charge is 0.326 e. The van der Waals surface area contributed by atoms with Gasteiger partial charge in [0.15, 0.2) is 0 Å². The van der Waals surface area contributed by atoms with Gasteiger partial charge in [-0.2, -0.15) is 0 Å². The molecule has 0 fully saturated rings. The van der Waals surface area contributed by atoms with E-state index >= 15 is 0 Å². The lowest BCUT2D eigenvalue weighted by atomic mass is 10.0. The minimum Gasteiger partial charge on any atom is -0.481 e. The lowest BCUT2D eigenvalue weighted by Gasteiger charge is -2.26. The Balaban J connectivity index is 5.52. The van der Waals surface area contributed by atoms with E-state index < -0.39 is 66.2 Å². The number of carboxylic acids is 2. The number of nitrogens with one attached hydrogen (secondary N) is 3. The normalized spacial score (nSPS) is 14.2. The van der Waals surface area contributed by atoms with Crippen LogP contribution >= 0.6 is 0 Å². The van der Waals surface area contributed by atoms with Crippen LogP contribution in [-0.4, -0.2) is 76.5 Å². The van der Waals surface area contributed by atoms with E-state index in [2.05, 4.69) is 16.0 Å². The number of amides is 4.